The van der Waals surface area contributed by atoms with Crippen LogP contribution in [0.3, 0.4) is 0 Å². The van der Waals surface area contributed by atoms with E-state index in [1.165, 1.54) is 0 Å². The minimum Gasteiger partial charge on any atom is -0.497 e. The van der Waals surface area contributed by atoms with Crippen molar-refractivity contribution in [3.05, 3.63) is 42.0 Å². The van der Waals surface area contributed by atoms with Crippen molar-refractivity contribution in [3.8, 4) is 5.75 Å². The largest absolute Gasteiger partial charge is 0.497 e. The van der Waals surface area contributed by atoms with Gasteiger partial charge in [-0.3, -0.25) is 4.79 Å². The first-order chi connectivity index (χ1) is 13.1. The predicted molar refractivity (Wildman–Crippen MR) is 97.2 cm³/mol. The fraction of sp³-hybridized carbons (Fsp3) is 0.571. The summed E-state index contributed by atoms with van der Waals surface area (Å²) in [5.74, 6) is 0.427. The van der Waals surface area contributed by atoms with E-state index in [9.17, 15) is 4.79 Å². The highest BCUT2D eigenvalue weighted by Gasteiger charge is 2.59. The summed E-state index contributed by atoms with van der Waals surface area (Å²) in [7, 11) is 1.65. The third-order valence-corrected chi connectivity index (χ3v) is 6.22. The number of methoxy groups -OCH3 is 1. The van der Waals surface area contributed by atoms with Gasteiger partial charge in [-0.15, -0.1) is 0 Å². The number of benzene rings is 1. The Morgan fingerprint density at radius 3 is 2.30 bits per heavy atom. The second kappa shape index (κ2) is 6.06. The molecule has 0 atom stereocenters. The summed E-state index contributed by atoms with van der Waals surface area (Å²) < 4.78 is 23.3. The van der Waals surface area contributed by atoms with Crippen molar-refractivity contribution >= 4 is 5.91 Å². The van der Waals surface area contributed by atoms with Gasteiger partial charge in [-0.2, -0.15) is 0 Å². The summed E-state index contributed by atoms with van der Waals surface area (Å²) >= 11 is 0. The molecule has 1 saturated carbocycles. The number of hydrogen-bond acceptors (Lipinski definition) is 5. The highest BCUT2D eigenvalue weighted by atomic mass is 16.7. The van der Waals surface area contributed by atoms with E-state index >= 15 is 0 Å². The second-order valence-corrected chi connectivity index (χ2v) is 8.03. The van der Waals surface area contributed by atoms with E-state index in [0.29, 0.717) is 26.3 Å². The van der Waals surface area contributed by atoms with Crippen molar-refractivity contribution in [3.63, 3.8) is 0 Å². The number of carbonyl (C=O) groups is 1. The predicted octanol–water partition coefficient (Wildman–Crippen LogP) is 2.42. The van der Waals surface area contributed by atoms with Crippen LogP contribution in [-0.4, -0.2) is 54.7 Å². The van der Waals surface area contributed by atoms with Gasteiger partial charge in [-0.25, -0.2) is 0 Å². The third-order valence-electron chi connectivity index (χ3n) is 6.22. The maximum absolute atomic E-state index is 13.0. The summed E-state index contributed by atoms with van der Waals surface area (Å²) in [6.07, 6.45) is 7.06. The van der Waals surface area contributed by atoms with Crippen LogP contribution in [0.5, 0.6) is 5.75 Å². The Morgan fingerprint density at radius 1 is 1.04 bits per heavy atom. The Labute approximate surface area is 159 Å². The first-order valence-electron chi connectivity index (χ1n) is 9.67. The van der Waals surface area contributed by atoms with Crippen molar-refractivity contribution in [2.75, 3.05) is 26.9 Å². The molecule has 0 bridgehead atoms. The van der Waals surface area contributed by atoms with E-state index in [-0.39, 0.29) is 11.5 Å². The molecule has 27 heavy (non-hydrogen) atoms. The summed E-state index contributed by atoms with van der Waals surface area (Å²) in [4.78, 5) is 14.9. The van der Waals surface area contributed by atoms with Crippen LogP contribution < -0.4 is 4.74 Å². The number of amides is 1. The van der Waals surface area contributed by atoms with Crippen LogP contribution in [0.2, 0.25) is 0 Å². The Kier molecular flexibility index (Phi) is 3.86. The van der Waals surface area contributed by atoms with E-state index in [1.807, 2.05) is 41.3 Å². The quantitative estimate of drug-likeness (QED) is 0.764. The molecule has 1 aromatic rings. The summed E-state index contributed by atoms with van der Waals surface area (Å²) in [5, 5.41) is 0. The maximum atomic E-state index is 13.0. The molecule has 3 spiro atoms. The molecule has 3 fully saturated rings. The van der Waals surface area contributed by atoms with E-state index < -0.39 is 11.4 Å². The maximum Gasteiger partial charge on any atom is 0.263 e. The second-order valence-electron chi connectivity index (χ2n) is 8.03. The van der Waals surface area contributed by atoms with Gasteiger partial charge in [0.15, 0.2) is 11.4 Å². The Hall–Kier alpha value is -1.89. The minimum atomic E-state index is -0.827. The highest BCUT2D eigenvalue weighted by Crippen LogP contribution is 2.49. The number of nitrogens with zero attached hydrogens (tertiary/aromatic N) is 1. The summed E-state index contributed by atoms with van der Waals surface area (Å²) in [6.45, 7) is 2.52. The minimum absolute atomic E-state index is 0.0394. The molecule has 1 amide bonds. The normalized spacial score (nSPS) is 26.9. The number of rotatable bonds is 3. The van der Waals surface area contributed by atoms with Crippen molar-refractivity contribution in [2.45, 2.75) is 49.2 Å². The zero-order chi connectivity index (χ0) is 18.5. The van der Waals surface area contributed by atoms with Crippen LogP contribution in [0.1, 0.15) is 31.2 Å². The van der Waals surface area contributed by atoms with E-state index in [2.05, 4.69) is 0 Å². The van der Waals surface area contributed by atoms with Gasteiger partial charge < -0.3 is 23.8 Å². The Bertz CT molecular complexity index is 749. The molecular formula is C21H25NO5. The van der Waals surface area contributed by atoms with Gasteiger partial charge in [-0.05, 0) is 42.7 Å². The monoisotopic (exact) mass is 371 g/mol. The smallest absolute Gasteiger partial charge is 0.263 e. The molecule has 2 saturated heterocycles. The van der Waals surface area contributed by atoms with E-state index in [4.69, 9.17) is 18.9 Å². The molecule has 0 aromatic heterocycles. The van der Waals surface area contributed by atoms with Gasteiger partial charge in [-0.1, -0.05) is 12.1 Å². The topological polar surface area (TPSA) is 57.2 Å². The lowest BCUT2D eigenvalue weighted by molar-refractivity contribution is -0.235. The standard InChI is InChI=1S/C21H25NO5/c1-24-17-4-2-16(3-5-17)14-22-15-19(27-20(8-9-20)18(22)23)6-10-21(11-7-19)25-12-13-26-21/h2-5,8-9H,6-7,10-15H2,1H3. The van der Waals surface area contributed by atoms with Gasteiger partial charge in [0.1, 0.15) is 5.75 Å². The molecule has 144 valence electrons. The van der Waals surface area contributed by atoms with Crippen molar-refractivity contribution in [2.24, 2.45) is 0 Å². The summed E-state index contributed by atoms with van der Waals surface area (Å²) in [6, 6.07) is 7.88. The SMILES string of the molecule is COc1ccc(CN2CC3(CCC4(CC3)OCCO4)OC3(C=C3)C2=O)cc1. The van der Waals surface area contributed by atoms with Gasteiger partial charge in [0, 0.05) is 19.4 Å². The third kappa shape index (κ3) is 2.96. The molecule has 1 aromatic carbocycles. The van der Waals surface area contributed by atoms with Crippen LogP contribution >= 0.6 is 0 Å². The van der Waals surface area contributed by atoms with Gasteiger partial charge in [0.25, 0.3) is 5.91 Å². The number of carbonyl (C=O) groups excluding carboxylic acids is 1. The number of ether oxygens (including phenoxy) is 4. The van der Waals surface area contributed by atoms with Crippen LogP contribution in [0, 0.1) is 0 Å². The first kappa shape index (κ1) is 17.2. The molecular weight excluding hydrogens is 346 g/mol. The average Bonchev–Trinajstić information content (AvgIpc) is 3.31. The lowest BCUT2D eigenvalue weighted by Crippen LogP contribution is -2.62. The molecule has 6 heteroatoms. The van der Waals surface area contributed by atoms with E-state index in [0.717, 1.165) is 37.0 Å². The van der Waals surface area contributed by atoms with Crippen LogP contribution in [0.25, 0.3) is 0 Å². The highest BCUT2D eigenvalue weighted by molar-refractivity contribution is 5.95. The average molecular weight is 371 g/mol. The molecule has 0 N–H and O–H groups in total. The lowest BCUT2D eigenvalue weighted by atomic mass is 9.79. The molecule has 2 heterocycles. The zero-order valence-electron chi connectivity index (χ0n) is 15.6. The fourth-order valence-corrected chi connectivity index (χ4v) is 4.60. The Morgan fingerprint density at radius 2 is 1.70 bits per heavy atom. The van der Waals surface area contributed by atoms with Crippen LogP contribution in [0.15, 0.2) is 36.4 Å². The fourth-order valence-electron chi connectivity index (χ4n) is 4.60. The zero-order valence-corrected chi connectivity index (χ0v) is 15.6. The van der Waals surface area contributed by atoms with Crippen LogP contribution in [-0.2, 0) is 25.5 Å². The van der Waals surface area contributed by atoms with Gasteiger partial charge in [0.05, 0.1) is 32.5 Å². The number of morpholine rings is 1. The molecule has 2 aliphatic carbocycles. The molecule has 6 nitrogen and oxygen atoms in total. The number of hydrogen-bond donors (Lipinski definition) is 0. The van der Waals surface area contributed by atoms with Crippen molar-refractivity contribution in [1.29, 1.82) is 0 Å². The van der Waals surface area contributed by atoms with Gasteiger partial charge >= 0.3 is 0 Å². The molecule has 4 aliphatic rings. The first-order valence-corrected chi connectivity index (χ1v) is 9.67. The van der Waals surface area contributed by atoms with Crippen LogP contribution in [0.4, 0.5) is 0 Å². The molecule has 5 rings (SSSR count). The lowest BCUT2D eigenvalue weighted by Gasteiger charge is -2.50. The van der Waals surface area contributed by atoms with Crippen molar-refractivity contribution in [1.82, 2.24) is 4.90 Å². The van der Waals surface area contributed by atoms with Crippen molar-refractivity contribution < 1.29 is 23.7 Å². The van der Waals surface area contributed by atoms with E-state index in [1.54, 1.807) is 7.11 Å². The molecule has 0 radical (unpaired) electrons. The Balaban J connectivity index is 1.33. The summed E-state index contributed by atoms with van der Waals surface area (Å²) in [5.41, 5.74) is -0.0661. The molecule has 2 aliphatic heterocycles. The molecule has 0 unspecified atom stereocenters. The van der Waals surface area contributed by atoms with Gasteiger partial charge in [0.2, 0.25) is 0 Å².